The molecular formula is C47H59N. The van der Waals surface area contributed by atoms with Crippen LogP contribution in [0.25, 0.3) is 0 Å². The topological polar surface area (TPSA) is 3.24 Å². The van der Waals surface area contributed by atoms with Gasteiger partial charge in [0, 0.05) is 28.9 Å². The number of benzene rings is 1. The molecule has 48 heavy (non-hydrogen) atoms. The third-order valence-corrected chi connectivity index (χ3v) is 8.66. The Balaban J connectivity index is 0.00000126. The van der Waals surface area contributed by atoms with Gasteiger partial charge >= 0.3 is 0 Å². The molecule has 5 rings (SSSR count). The van der Waals surface area contributed by atoms with E-state index in [1.54, 1.807) is 0 Å². The van der Waals surface area contributed by atoms with Gasteiger partial charge in [0.25, 0.3) is 0 Å². The first-order valence-electron chi connectivity index (χ1n) is 17.9. The molecule has 2 atom stereocenters. The summed E-state index contributed by atoms with van der Waals surface area (Å²) < 4.78 is 0. The maximum Gasteiger partial charge on any atom is 0.0454 e. The van der Waals surface area contributed by atoms with Crippen molar-refractivity contribution < 1.29 is 0 Å². The highest BCUT2D eigenvalue weighted by Crippen LogP contribution is 2.42. The van der Waals surface area contributed by atoms with Crippen molar-refractivity contribution in [2.45, 2.75) is 93.4 Å². The fraction of sp³-hybridized carbons (Fsp3) is 0.319. The summed E-state index contributed by atoms with van der Waals surface area (Å²) in [4.78, 5) is 2.40. The Morgan fingerprint density at radius 3 is 2.15 bits per heavy atom. The van der Waals surface area contributed by atoms with Crippen LogP contribution in [0.3, 0.4) is 0 Å². The van der Waals surface area contributed by atoms with Gasteiger partial charge in [-0.3, -0.25) is 0 Å². The lowest BCUT2D eigenvalue weighted by Crippen LogP contribution is -2.19. The lowest BCUT2D eigenvalue weighted by molar-refractivity contribution is 0.554. The Hall–Kier alpha value is -4.54. The van der Waals surface area contributed by atoms with Crippen LogP contribution >= 0.6 is 0 Å². The molecule has 0 aromatic heterocycles. The normalized spacial score (nSPS) is 19.9. The molecule has 0 heterocycles. The summed E-state index contributed by atoms with van der Waals surface area (Å²) in [5.74, 6) is 0.701. The maximum atomic E-state index is 4.00. The quantitative estimate of drug-likeness (QED) is 0.202. The van der Waals surface area contributed by atoms with Crippen molar-refractivity contribution in [1.29, 1.82) is 0 Å². The van der Waals surface area contributed by atoms with Crippen LogP contribution < -0.4 is 0 Å². The third-order valence-electron chi connectivity index (χ3n) is 8.66. The molecule has 0 saturated heterocycles. The van der Waals surface area contributed by atoms with Gasteiger partial charge in [0.15, 0.2) is 0 Å². The Morgan fingerprint density at radius 2 is 1.48 bits per heavy atom. The Morgan fingerprint density at radius 1 is 0.771 bits per heavy atom. The lowest BCUT2D eigenvalue weighted by atomic mass is 9.73. The van der Waals surface area contributed by atoms with Gasteiger partial charge < -0.3 is 4.90 Å². The molecular weight excluding hydrogens is 579 g/mol. The minimum absolute atomic E-state index is 0.347. The van der Waals surface area contributed by atoms with Gasteiger partial charge in [-0.2, -0.15) is 0 Å². The highest BCUT2D eigenvalue weighted by Gasteiger charge is 2.27. The first-order valence-corrected chi connectivity index (χ1v) is 17.9. The molecule has 0 saturated carbocycles. The van der Waals surface area contributed by atoms with Crippen molar-refractivity contribution in [3.8, 4) is 12.8 Å². The van der Waals surface area contributed by atoms with Gasteiger partial charge in [-0.25, -0.2) is 0 Å². The van der Waals surface area contributed by atoms with Crippen LogP contribution in [0.15, 0.2) is 167 Å². The predicted molar refractivity (Wildman–Crippen MR) is 214 cm³/mol. The van der Waals surface area contributed by atoms with Crippen LogP contribution in [-0.4, -0.2) is 4.90 Å². The standard InChI is InChI=1S/C41H45N.2C2H6.C2H2/c1-31-25-29-35(30-26-31)34(4)39-23-15-16-24-40(39)41(36-17-9-7-10-18-36)32(2)27-28-33(3)42(38-21-13-8-14-22-38)37-19-11-5-6-12-20-37;3*1-2/h5,7,9-13,15-17,19-23,25-30,34,40H,6,8,14,18,24H2,1-4H3;2*1-2H3;1-2H/b32-27+,33-28+,41-36-;;;. The number of rotatable bonds is 8. The van der Waals surface area contributed by atoms with Gasteiger partial charge in [0.05, 0.1) is 0 Å². The van der Waals surface area contributed by atoms with E-state index in [2.05, 4.69) is 173 Å². The molecule has 1 heteroatoms. The minimum atomic E-state index is 0.347. The predicted octanol–water partition coefficient (Wildman–Crippen LogP) is 13.5. The van der Waals surface area contributed by atoms with Crippen molar-refractivity contribution in [3.63, 3.8) is 0 Å². The second-order valence-corrected chi connectivity index (χ2v) is 11.7. The number of terminal acetylenes is 1. The third kappa shape index (κ3) is 11.0. The zero-order valence-corrected chi connectivity index (χ0v) is 30.9. The van der Waals surface area contributed by atoms with E-state index >= 15 is 0 Å². The second kappa shape index (κ2) is 22.1. The highest BCUT2D eigenvalue weighted by atomic mass is 15.2. The molecule has 0 spiro atoms. The van der Waals surface area contributed by atoms with Crippen LogP contribution in [0.5, 0.6) is 0 Å². The van der Waals surface area contributed by atoms with E-state index in [0.717, 1.165) is 32.1 Å². The average Bonchev–Trinajstić information content (AvgIpc) is 3.44. The molecule has 0 amide bonds. The van der Waals surface area contributed by atoms with Crippen LogP contribution in [0.1, 0.15) is 97.6 Å². The summed E-state index contributed by atoms with van der Waals surface area (Å²) >= 11 is 0. The Labute approximate surface area is 294 Å². The van der Waals surface area contributed by atoms with Crippen molar-refractivity contribution >= 4 is 0 Å². The van der Waals surface area contributed by atoms with E-state index in [-0.39, 0.29) is 0 Å². The smallest absolute Gasteiger partial charge is 0.0454 e. The molecule has 0 bridgehead atoms. The summed E-state index contributed by atoms with van der Waals surface area (Å²) in [6.45, 7) is 17.1. The largest absolute Gasteiger partial charge is 0.315 e. The first kappa shape index (κ1) is 39.6. The van der Waals surface area contributed by atoms with Crippen molar-refractivity contribution in [3.05, 3.63) is 178 Å². The molecule has 4 aliphatic rings. The molecule has 2 unspecified atom stereocenters. The van der Waals surface area contributed by atoms with Crippen molar-refractivity contribution in [1.82, 2.24) is 4.90 Å². The summed E-state index contributed by atoms with van der Waals surface area (Å²) in [6, 6.07) is 9.08. The zero-order valence-electron chi connectivity index (χ0n) is 30.9. The molecule has 1 aromatic rings. The van der Waals surface area contributed by atoms with E-state index in [1.807, 2.05) is 27.7 Å². The van der Waals surface area contributed by atoms with E-state index in [9.17, 15) is 0 Å². The summed E-state index contributed by atoms with van der Waals surface area (Å²) in [7, 11) is 0. The fourth-order valence-corrected chi connectivity index (χ4v) is 6.34. The van der Waals surface area contributed by atoms with Gasteiger partial charge in [-0.15, -0.1) is 12.8 Å². The molecule has 1 nitrogen and oxygen atoms in total. The second-order valence-electron chi connectivity index (χ2n) is 11.7. The van der Waals surface area contributed by atoms with Gasteiger partial charge in [-0.05, 0) is 99.5 Å². The SMILES string of the molecule is C#C.CC.CC.CC(=C\C=C(/C)N(C1=CC=CCC=C1)C1=CCCC=C1)/C(=C1\C=CC=CC1)C1CC=CC=C1C(C)c1ccc(C)cc1. The summed E-state index contributed by atoms with van der Waals surface area (Å²) in [5.41, 5.74) is 12.1. The fourth-order valence-electron chi connectivity index (χ4n) is 6.34. The van der Waals surface area contributed by atoms with Crippen LogP contribution in [0, 0.1) is 25.7 Å². The molecule has 0 N–H and O–H groups in total. The van der Waals surface area contributed by atoms with Crippen LogP contribution in [-0.2, 0) is 0 Å². The first-order chi connectivity index (χ1) is 23.5. The molecule has 1 aromatic carbocycles. The number of aryl methyl sites for hydroxylation is 1. The van der Waals surface area contributed by atoms with Crippen molar-refractivity contribution in [2.75, 3.05) is 0 Å². The molecule has 0 radical (unpaired) electrons. The van der Waals surface area contributed by atoms with Crippen LogP contribution in [0.4, 0.5) is 0 Å². The van der Waals surface area contributed by atoms with Crippen LogP contribution in [0.2, 0.25) is 0 Å². The Kier molecular flexibility index (Phi) is 18.3. The molecule has 0 fully saturated rings. The molecule has 4 aliphatic carbocycles. The van der Waals surface area contributed by atoms with E-state index < -0.39 is 0 Å². The lowest BCUT2D eigenvalue weighted by Gasteiger charge is -2.32. The Bertz CT molecular complexity index is 1560. The van der Waals surface area contributed by atoms with Crippen molar-refractivity contribution in [2.24, 2.45) is 5.92 Å². The molecule has 252 valence electrons. The number of nitrogens with zero attached hydrogens (tertiary/aromatic N) is 1. The monoisotopic (exact) mass is 637 g/mol. The number of allylic oxidation sites excluding steroid dienone is 22. The van der Waals surface area contributed by atoms with Gasteiger partial charge in [-0.1, -0.05) is 149 Å². The van der Waals surface area contributed by atoms with E-state index in [0.29, 0.717) is 11.8 Å². The number of hydrogen-bond donors (Lipinski definition) is 0. The van der Waals surface area contributed by atoms with Gasteiger partial charge in [0.2, 0.25) is 0 Å². The summed E-state index contributed by atoms with van der Waals surface area (Å²) in [6.07, 6.45) is 51.8. The van der Waals surface area contributed by atoms with E-state index in [4.69, 9.17) is 0 Å². The highest BCUT2D eigenvalue weighted by molar-refractivity contribution is 5.51. The number of hydrogen-bond acceptors (Lipinski definition) is 1. The van der Waals surface area contributed by atoms with E-state index in [1.165, 1.54) is 50.5 Å². The average molecular weight is 638 g/mol. The maximum absolute atomic E-state index is 4.00. The summed E-state index contributed by atoms with van der Waals surface area (Å²) in [5, 5.41) is 0. The minimum Gasteiger partial charge on any atom is -0.315 e. The molecule has 0 aliphatic heterocycles. The van der Waals surface area contributed by atoms with Gasteiger partial charge in [0.1, 0.15) is 0 Å². The zero-order chi connectivity index (χ0) is 35.3.